The van der Waals surface area contributed by atoms with Gasteiger partial charge in [0.2, 0.25) is 0 Å². The molecule has 1 N–H and O–H groups in total. The van der Waals surface area contributed by atoms with E-state index in [1.807, 2.05) is 4.90 Å². The summed E-state index contributed by atoms with van der Waals surface area (Å²) in [6, 6.07) is 4.32. The third-order valence-electron chi connectivity index (χ3n) is 5.63. The van der Waals surface area contributed by atoms with Gasteiger partial charge in [0.15, 0.2) is 0 Å². The van der Waals surface area contributed by atoms with Crippen LogP contribution in [-0.4, -0.2) is 67.1 Å². The SMILES string of the molecule is O=C(NC[C@H]1CCCO1)c1cccnc1N1CCN(C(=O)c2c(F)cc(F)cc2F)CC1. The van der Waals surface area contributed by atoms with Crippen molar-refractivity contribution in [2.24, 2.45) is 0 Å². The summed E-state index contributed by atoms with van der Waals surface area (Å²) in [5, 5.41) is 2.88. The molecule has 2 aliphatic heterocycles. The molecule has 1 atom stereocenters. The number of halogens is 3. The normalized spacial score (nSPS) is 18.7. The first-order chi connectivity index (χ1) is 15.4. The first kappa shape index (κ1) is 22.1. The summed E-state index contributed by atoms with van der Waals surface area (Å²) in [5.74, 6) is -4.17. The van der Waals surface area contributed by atoms with Crippen molar-refractivity contribution in [2.45, 2.75) is 18.9 Å². The third-order valence-corrected chi connectivity index (χ3v) is 5.63. The van der Waals surface area contributed by atoms with E-state index in [0.717, 1.165) is 12.8 Å². The molecule has 2 amide bonds. The van der Waals surface area contributed by atoms with Crippen LogP contribution < -0.4 is 10.2 Å². The molecule has 2 aromatic rings. The quantitative estimate of drug-likeness (QED) is 0.760. The van der Waals surface area contributed by atoms with Gasteiger partial charge in [-0.25, -0.2) is 18.2 Å². The number of hydrogen-bond acceptors (Lipinski definition) is 5. The van der Waals surface area contributed by atoms with Crippen LogP contribution in [-0.2, 0) is 4.74 Å². The average molecular weight is 448 g/mol. The van der Waals surface area contributed by atoms with E-state index in [1.54, 1.807) is 18.3 Å². The Morgan fingerprint density at radius 3 is 2.50 bits per heavy atom. The lowest BCUT2D eigenvalue weighted by Gasteiger charge is -2.36. The molecule has 2 fully saturated rings. The topological polar surface area (TPSA) is 74.8 Å². The highest BCUT2D eigenvalue weighted by atomic mass is 19.1. The number of pyridine rings is 1. The zero-order valence-corrected chi connectivity index (χ0v) is 17.3. The highest BCUT2D eigenvalue weighted by Gasteiger charge is 2.29. The lowest BCUT2D eigenvalue weighted by Crippen LogP contribution is -2.50. The highest BCUT2D eigenvalue weighted by molar-refractivity contribution is 5.99. The smallest absolute Gasteiger partial charge is 0.259 e. The van der Waals surface area contributed by atoms with Crippen molar-refractivity contribution in [2.75, 3.05) is 44.2 Å². The Morgan fingerprint density at radius 1 is 1.12 bits per heavy atom. The van der Waals surface area contributed by atoms with E-state index in [4.69, 9.17) is 4.74 Å². The fourth-order valence-electron chi connectivity index (χ4n) is 3.96. The molecule has 1 aromatic heterocycles. The molecular weight excluding hydrogens is 425 g/mol. The molecule has 10 heteroatoms. The molecule has 0 saturated carbocycles. The maximum Gasteiger partial charge on any atom is 0.259 e. The van der Waals surface area contributed by atoms with E-state index in [2.05, 4.69) is 10.3 Å². The van der Waals surface area contributed by atoms with Crippen molar-refractivity contribution in [3.63, 3.8) is 0 Å². The van der Waals surface area contributed by atoms with Crippen LogP contribution in [0.25, 0.3) is 0 Å². The van der Waals surface area contributed by atoms with Crippen molar-refractivity contribution in [1.29, 1.82) is 0 Å². The monoisotopic (exact) mass is 448 g/mol. The standard InChI is InChI=1S/C22H23F3N4O3/c23-14-11-17(24)19(18(25)12-14)22(31)29-8-6-28(7-9-29)20-16(4-1-5-26-20)21(30)27-13-15-3-2-10-32-15/h1,4-5,11-12,15H,2-3,6-10,13H2,(H,27,30)/t15-/m1/s1. The number of aromatic nitrogens is 1. The van der Waals surface area contributed by atoms with Crippen LogP contribution in [0, 0.1) is 17.5 Å². The van der Waals surface area contributed by atoms with Gasteiger partial charge in [-0.15, -0.1) is 0 Å². The first-order valence-electron chi connectivity index (χ1n) is 10.5. The van der Waals surface area contributed by atoms with E-state index in [9.17, 15) is 22.8 Å². The molecule has 0 bridgehead atoms. The van der Waals surface area contributed by atoms with Gasteiger partial charge < -0.3 is 19.9 Å². The highest BCUT2D eigenvalue weighted by Crippen LogP contribution is 2.22. The molecule has 32 heavy (non-hydrogen) atoms. The molecule has 7 nitrogen and oxygen atoms in total. The molecular formula is C22H23F3N4O3. The van der Waals surface area contributed by atoms with E-state index in [1.165, 1.54) is 4.90 Å². The van der Waals surface area contributed by atoms with Crippen LogP contribution in [0.4, 0.5) is 19.0 Å². The number of nitrogens with one attached hydrogen (secondary N) is 1. The molecule has 0 radical (unpaired) electrons. The van der Waals surface area contributed by atoms with Gasteiger partial charge in [-0.05, 0) is 25.0 Å². The van der Waals surface area contributed by atoms with Crippen LogP contribution in [0.5, 0.6) is 0 Å². The van der Waals surface area contributed by atoms with Crippen LogP contribution >= 0.6 is 0 Å². The summed E-state index contributed by atoms with van der Waals surface area (Å²) in [4.78, 5) is 32.8. The number of carbonyl (C=O) groups excluding carboxylic acids is 2. The second kappa shape index (κ2) is 9.56. The van der Waals surface area contributed by atoms with E-state index in [0.29, 0.717) is 49.8 Å². The number of anilines is 1. The van der Waals surface area contributed by atoms with Crippen molar-refractivity contribution in [3.8, 4) is 0 Å². The van der Waals surface area contributed by atoms with Crippen molar-refractivity contribution >= 4 is 17.6 Å². The Labute approximate surface area is 183 Å². The number of carbonyl (C=O) groups is 2. The number of rotatable bonds is 5. The minimum absolute atomic E-state index is 0.0147. The fraction of sp³-hybridized carbons (Fsp3) is 0.409. The summed E-state index contributed by atoms with van der Waals surface area (Å²) < 4.78 is 46.6. The van der Waals surface area contributed by atoms with Gasteiger partial charge >= 0.3 is 0 Å². The number of hydrogen-bond donors (Lipinski definition) is 1. The van der Waals surface area contributed by atoms with Crippen LogP contribution in [0.1, 0.15) is 33.6 Å². The van der Waals surface area contributed by atoms with Gasteiger partial charge in [-0.2, -0.15) is 0 Å². The maximum absolute atomic E-state index is 14.0. The number of piperazine rings is 1. The summed E-state index contributed by atoms with van der Waals surface area (Å²) >= 11 is 0. The Kier molecular flexibility index (Phi) is 6.59. The van der Waals surface area contributed by atoms with Crippen LogP contribution in [0.2, 0.25) is 0 Å². The Bertz CT molecular complexity index is 983. The molecule has 3 heterocycles. The number of nitrogens with zero attached hydrogens (tertiary/aromatic N) is 3. The molecule has 0 spiro atoms. The van der Waals surface area contributed by atoms with Crippen molar-refractivity contribution < 1.29 is 27.5 Å². The molecule has 2 aliphatic rings. The van der Waals surface area contributed by atoms with E-state index < -0.39 is 28.9 Å². The van der Waals surface area contributed by atoms with Gasteiger partial charge in [0, 0.05) is 57.7 Å². The van der Waals surface area contributed by atoms with E-state index in [-0.39, 0.29) is 25.1 Å². The van der Waals surface area contributed by atoms with Gasteiger partial charge in [0.25, 0.3) is 11.8 Å². The molecule has 170 valence electrons. The van der Waals surface area contributed by atoms with Gasteiger partial charge in [0.05, 0.1) is 11.7 Å². The first-order valence-corrected chi connectivity index (χ1v) is 10.5. The lowest BCUT2D eigenvalue weighted by molar-refractivity contribution is 0.0735. The second-order valence-corrected chi connectivity index (χ2v) is 7.74. The summed E-state index contributed by atoms with van der Waals surface area (Å²) in [5.41, 5.74) is -0.368. The van der Waals surface area contributed by atoms with Crippen molar-refractivity contribution in [1.82, 2.24) is 15.2 Å². The fourth-order valence-corrected chi connectivity index (χ4v) is 3.96. The summed E-state index contributed by atoms with van der Waals surface area (Å²) in [7, 11) is 0. The summed E-state index contributed by atoms with van der Waals surface area (Å²) in [6.07, 6.45) is 3.48. The zero-order valence-electron chi connectivity index (χ0n) is 17.3. The second-order valence-electron chi connectivity index (χ2n) is 7.74. The maximum atomic E-state index is 14.0. The van der Waals surface area contributed by atoms with E-state index >= 15 is 0 Å². The molecule has 0 aliphatic carbocycles. The molecule has 2 saturated heterocycles. The Balaban J connectivity index is 1.41. The minimum atomic E-state index is -1.23. The lowest BCUT2D eigenvalue weighted by atomic mass is 10.1. The van der Waals surface area contributed by atoms with Crippen molar-refractivity contribution in [3.05, 3.63) is 59.0 Å². The van der Waals surface area contributed by atoms with Gasteiger partial charge in [-0.3, -0.25) is 9.59 Å². The largest absolute Gasteiger partial charge is 0.376 e. The number of amides is 2. The Hall–Kier alpha value is -3.14. The number of ether oxygens (including phenoxy) is 1. The van der Waals surface area contributed by atoms with Gasteiger partial charge in [-0.1, -0.05) is 0 Å². The predicted molar refractivity (Wildman–Crippen MR) is 110 cm³/mol. The molecule has 4 rings (SSSR count). The average Bonchev–Trinajstić information content (AvgIpc) is 3.30. The summed E-state index contributed by atoms with van der Waals surface area (Å²) in [6.45, 7) is 2.10. The molecule has 1 aromatic carbocycles. The Morgan fingerprint density at radius 2 is 1.84 bits per heavy atom. The van der Waals surface area contributed by atoms with Gasteiger partial charge in [0.1, 0.15) is 28.8 Å². The predicted octanol–water partition coefficient (Wildman–Crippen LogP) is 2.37. The number of benzene rings is 1. The van der Waals surface area contributed by atoms with Crippen LogP contribution in [0.3, 0.4) is 0 Å². The van der Waals surface area contributed by atoms with Crippen LogP contribution in [0.15, 0.2) is 30.5 Å². The zero-order chi connectivity index (χ0) is 22.7. The third kappa shape index (κ3) is 4.69. The molecule has 0 unspecified atom stereocenters. The minimum Gasteiger partial charge on any atom is -0.376 e.